The van der Waals surface area contributed by atoms with Gasteiger partial charge in [-0.25, -0.2) is 4.79 Å². The molecule has 186 valence electrons. The molecule has 4 aromatic heterocycles. The Labute approximate surface area is 227 Å². The Morgan fingerprint density at radius 1 is 0.917 bits per heavy atom. The normalized spacial score (nSPS) is 11.8. The van der Waals surface area contributed by atoms with Crippen LogP contribution in [0.1, 0.15) is 36.8 Å². The number of alkyl carbamates (subject to hydrolysis) is 1. The summed E-state index contributed by atoms with van der Waals surface area (Å²) < 4.78 is 14.7. The SMILES string of the molecule is Cc1ccsc1-c1ccc(-c2sc(-c3ccc(CCNC(=O)OC(C)(C)C)s3)cc2C)c2nsnc12. The highest BCUT2D eigenvalue weighted by atomic mass is 32.1. The number of nitrogens with zero attached hydrogens (tertiary/aromatic N) is 2. The smallest absolute Gasteiger partial charge is 0.407 e. The van der Waals surface area contributed by atoms with E-state index < -0.39 is 5.60 Å². The number of fused-ring (bicyclic) bond motifs is 1. The zero-order valence-corrected chi connectivity index (χ0v) is 24.1. The van der Waals surface area contributed by atoms with Crippen LogP contribution < -0.4 is 5.32 Å². The molecule has 0 saturated heterocycles. The van der Waals surface area contributed by atoms with Gasteiger partial charge >= 0.3 is 6.09 Å². The van der Waals surface area contributed by atoms with Gasteiger partial charge < -0.3 is 10.1 Å². The number of thiophene rings is 3. The summed E-state index contributed by atoms with van der Waals surface area (Å²) in [7, 11) is 0. The second kappa shape index (κ2) is 10.0. The van der Waals surface area contributed by atoms with Gasteiger partial charge in [-0.2, -0.15) is 8.75 Å². The molecule has 0 bridgehead atoms. The van der Waals surface area contributed by atoms with Crippen LogP contribution >= 0.6 is 45.7 Å². The molecule has 0 fully saturated rings. The summed E-state index contributed by atoms with van der Waals surface area (Å²) >= 11 is 6.59. The van der Waals surface area contributed by atoms with Gasteiger partial charge in [0.05, 0.1) is 11.7 Å². The van der Waals surface area contributed by atoms with Crippen molar-refractivity contribution in [3.8, 4) is 30.6 Å². The van der Waals surface area contributed by atoms with Crippen molar-refractivity contribution >= 4 is 62.9 Å². The highest BCUT2D eigenvalue weighted by molar-refractivity contribution is 7.24. The van der Waals surface area contributed by atoms with E-state index in [2.05, 4.69) is 65.3 Å². The number of carbonyl (C=O) groups excluding carboxylic acids is 1. The van der Waals surface area contributed by atoms with Crippen molar-refractivity contribution < 1.29 is 9.53 Å². The van der Waals surface area contributed by atoms with E-state index in [9.17, 15) is 4.79 Å². The fourth-order valence-electron chi connectivity index (χ4n) is 4.00. The van der Waals surface area contributed by atoms with E-state index in [-0.39, 0.29) is 6.09 Å². The lowest BCUT2D eigenvalue weighted by Crippen LogP contribution is -2.33. The predicted octanol–water partition coefficient (Wildman–Crippen LogP) is 8.56. The molecule has 0 radical (unpaired) electrons. The molecular weight excluding hydrogens is 527 g/mol. The van der Waals surface area contributed by atoms with Gasteiger partial charge in [0.1, 0.15) is 16.6 Å². The quantitative estimate of drug-likeness (QED) is 0.229. The Kier molecular flexibility index (Phi) is 7.00. The molecule has 9 heteroatoms. The third-order valence-electron chi connectivity index (χ3n) is 5.63. The Hall–Kier alpha value is -2.59. The molecule has 4 heterocycles. The van der Waals surface area contributed by atoms with E-state index in [1.54, 1.807) is 34.0 Å². The van der Waals surface area contributed by atoms with Crippen LogP contribution in [0, 0.1) is 13.8 Å². The Morgan fingerprint density at radius 2 is 1.64 bits per heavy atom. The highest BCUT2D eigenvalue weighted by Gasteiger charge is 2.19. The minimum atomic E-state index is -0.488. The molecular formula is C27H27N3O2S4. The van der Waals surface area contributed by atoms with Gasteiger partial charge in [-0.15, -0.1) is 34.0 Å². The molecule has 5 rings (SSSR count). The maximum absolute atomic E-state index is 11.9. The third kappa shape index (κ3) is 5.25. The van der Waals surface area contributed by atoms with E-state index in [4.69, 9.17) is 9.11 Å². The lowest BCUT2D eigenvalue weighted by Gasteiger charge is -2.19. The summed E-state index contributed by atoms with van der Waals surface area (Å²) in [4.78, 5) is 18.1. The fourth-order valence-corrected chi connectivity index (χ4v) is 7.81. The Bertz CT molecular complexity index is 1530. The van der Waals surface area contributed by atoms with Gasteiger partial charge in [-0.1, -0.05) is 12.1 Å². The largest absolute Gasteiger partial charge is 0.444 e. The van der Waals surface area contributed by atoms with Crippen LogP contribution in [0.2, 0.25) is 0 Å². The van der Waals surface area contributed by atoms with Crippen molar-refractivity contribution in [2.45, 2.75) is 46.6 Å². The summed E-state index contributed by atoms with van der Waals surface area (Å²) in [6, 6.07) is 13.1. The van der Waals surface area contributed by atoms with Crippen LogP contribution in [0.4, 0.5) is 4.79 Å². The van der Waals surface area contributed by atoms with Crippen LogP contribution in [-0.4, -0.2) is 27.0 Å². The van der Waals surface area contributed by atoms with E-state index in [0.29, 0.717) is 6.54 Å². The molecule has 0 saturated carbocycles. The van der Waals surface area contributed by atoms with Crippen LogP contribution in [0.25, 0.3) is 41.7 Å². The summed E-state index contributed by atoms with van der Waals surface area (Å²) in [6.07, 6.45) is 0.399. The minimum absolute atomic E-state index is 0.374. The Morgan fingerprint density at radius 3 is 2.31 bits per heavy atom. The first kappa shape index (κ1) is 25.1. The second-order valence-electron chi connectivity index (χ2n) is 9.62. The summed E-state index contributed by atoms with van der Waals surface area (Å²) in [5, 5.41) is 4.97. The molecule has 0 unspecified atom stereocenters. The van der Waals surface area contributed by atoms with Crippen molar-refractivity contribution in [2.24, 2.45) is 0 Å². The second-order valence-corrected chi connectivity index (χ2v) is 13.3. The summed E-state index contributed by atoms with van der Waals surface area (Å²) in [6.45, 7) is 10.5. The fraction of sp³-hybridized carbons (Fsp3) is 0.296. The van der Waals surface area contributed by atoms with Gasteiger partial charge in [0.25, 0.3) is 0 Å². The number of rotatable bonds is 6. The van der Waals surface area contributed by atoms with Crippen LogP contribution in [0.3, 0.4) is 0 Å². The summed E-state index contributed by atoms with van der Waals surface area (Å²) in [5.41, 5.74) is 6.28. The Balaban J connectivity index is 1.36. The number of benzene rings is 1. The van der Waals surface area contributed by atoms with Crippen molar-refractivity contribution in [3.05, 3.63) is 57.8 Å². The number of hydrogen-bond acceptors (Lipinski definition) is 8. The van der Waals surface area contributed by atoms with Gasteiger partial charge in [0, 0.05) is 42.1 Å². The van der Waals surface area contributed by atoms with E-state index in [1.165, 1.54) is 47.2 Å². The number of carbonyl (C=O) groups is 1. The zero-order valence-electron chi connectivity index (χ0n) is 20.8. The van der Waals surface area contributed by atoms with Gasteiger partial charge in [0.2, 0.25) is 0 Å². The molecule has 5 nitrogen and oxygen atoms in total. The van der Waals surface area contributed by atoms with Crippen molar-refractivity contribution in [1.82, 2.24) is 14.1 Å². The van der Waals surface area contributed by atoms with Crippen molar-refractivity contribution in [2.75, 3.05) is 6.54 Å². The van der Waals surface area contributed by atoms with Crippen molar-refractivity contribution in [3.63, 3.8) is 0 Å². The van der Waals surface area contributed by atoms with Gasteiger partial charge in [-0.05, 0) is 81.8 Å². The number of amides is 1. The molecule has 0 aliphatic carbocycles. The summed E-state index contributed by atoms with van der Waals surface area (Å²) in [5.74, 6) is 0. The predicted molar refractivity (Wildman–Crippen MR) is 155 cm³/mol. The van der Waals surface area contributed by atoms with Gasteiger partial charge in [0.15, 0.2) is 0 Å². The standard InChI is InChI=1S/C27H27N3O2S4/c1-15-11-13-33-24(15)18-7-8-19(23-22(18)29-36-30-23)25-16(2)14-21(35-25)20-9-6-17(34-20)10-12-28-26(31)32-27(3,4)5/h6-9,11,13-14H,10,12H2,1-5H3,(H,28,31). The average Bonchev–Trinajstić information content (AvgIpc) is 3.59. The zero-order chi connectivity index (χ0) is 25.4. The lowest BCUT2D eigenvalue weighted by atomic mass is 10.0. The number of nitrogens with one attached hydrogen (secondary N) is 1. The number of ether oxygens (including phenoxy) is 1. The van der Waals surface area contributed by atoms with E-state index >= 15 is 0 Å². The van der Waals surface area contributed by atoms with Gasteiger partial charge in [-0.3, -0.25) is 0 Å². The molecule has 0 aliphatic heterocycles. The van der Waals surface area contributed by atoms with Crippen LogP contribution in [-0.2, 0) is 11.2 Å². The van der Waals surface area contributed by atoms with Crippen LogP contribution in [0.15, 0.2) is 41.8 Å². The molecule has 1 N–H and O–H groups in total. The van der Waals surface area contributed by atoms with Crippen LogP contribution in [0.5, 0.6) is 0 Å². The molecule has 1 amide bonds. The number of aromatic nitrogens is 2. The molecule has 0 aliphatic rings. The molecule has 1 aromatic carbocycles. The maximum atomic E-state index is 11.9. The van der Waals surface area contributed by atoms with E-state index in [0.717, 1.165) is 28.6 Å². The monoisotopic (exact) mass is 553 g/mol. The maximum Gasteiger partial charge on any atom is 0.407 e. The topological polar surface area (TPSA) is 64.1 Å². The average molecular weight is 554 g/mol. The molecule has 36 heavy (non-hydrogen) atoms. The third-order valence-corrected chi connectivity index (χ3v) is 9.82. The lowest BCUT2D eigenvalue weighted by molar-refractivity contribution is 0.0528. The first-order chi connectivity index (χ1) is 17.2. The minimum Gasteiger partial charge on any atom is -0.444 e. The molecule has 0 atom stereocenters. The van der Waals surface area contributed by atoms with Crippen molar-refractivity contribution in [1.29, 1.82) is 0 Å². The molecule has 5 aromatic rings. The number of hydrogen-bond donors (Lipinski definition) is 1. The molecule has 0 spiro atoms. The first-order valence-electron chi connectivity index (χ1n) is 11.7. The number of aryl methyl sites for hydroxylation is 2. The van der Waals surface area contributed by atoms with E-state index in [1.807, 2.05) is 20.8 Å². The first-order valence-corrected chi connectivity index (χ1v) is 14.9. The highest BCUT2D eigenvalue weighted by Crippen LogP contribution is 2.44.